The molecule has 1 fully saturated rings. The Morgan fingerprint density at radius 3 is 2.58 bits per heavy atom. The van der Waals surface area contributed by atoms with E-state index in [1.54, 1.807) is 6.92 Å². The Hall–Kier alpha value is -0.570. The monoisotopic (exact) mass is 170 g/mol. The molecule has 12 heavy (non-hydrogen) atoms. The molecule has 1 rings (SSSR count). The number of hydrogen-bond acceptors (Lipinski definition) is 2. The van der Waals surface area contributed by atoms with E-state index >= 15 is 0 Å². The minimum absolute atomic E-state index is 0.0504. The molecule has 0 unspecified atom stereocenters. The summed E-state index contributed by atoms with van der Waals surface area (Å²) in [5.74, 6) is 0.0504. The van der Waals surface area contributed by atoms with Crippen LogP contribution in [0.4, 0.5) is 0 Å². The Kier molecular flexibility index (Phi) is 3.09. The number of nitrogens with one attached hydrogen (secondary N) is 2. The van der Waals surface area contributed by atoms with Crippen LogP contribution in [0.5, 0.6) is 0 Å². The van der Waals surface area contributed by atoms with Crippen molar-refractivity contribution in [1.29, 1.82) is 0 Å². The third kappa shape index (κ3) is 3.72. The Balaban J connectivity index is 1.86. The highest BCUT2D eigenvalue weighted by Gasteiger charge is 2.36. The van der Waals surface area contributed by atoms with Gasteiger partial charge >= 0.3 is 0 Å². The Morgan fingerprint density at radius 2 is 2.08 bits per heavy atom. The number of carbonyl (C=O) groups is 1. The van der Waals surface area contributed by atoms with Gasteiger partial charge in [0.2, 0.25) is 5.91 Å². The number of amides is 1. The Labute approximate surface area is 73.9 Å². The SMILES string of the molecule is CC(=O)NCCNCC1(C)CC1. The molecule has 3 nitrogen and oxygen atoms in total. The third-order valence-electron chi connectivity index (χ3n) is 2.33. The van der Waals surface area contributed by atoms with Crippen molar-refractivity contribution in [3.8, 4) is 0 Å². The predicted octanol–water partition coefficient (Wildman–Crippen LogP) is 0.512. The van der Waals surface area contributed by atoms with E-state index in [0.29, 0.717) is 5.41 Å². The molecule has 0 radical (unpaired) electrons. The lowest BCUT2D eigenvalue weighted by atomic mass is 10.1. The summed E-state index contributed by atoms with van der Waals surface area (Å²) >= 11 is 0. The van der Waals surface area contributed by atoms with Gasteiger partial charge in [-0.2, -0.15) is 0 Å². The van der Waals surface area contributed by atoms with E-state index in [4.69, 9.17) is 0 Å². The van der Waals surface area contributed by atoms with Crippen molar-refractivity contribution in [2.45, 2.75) is 26.7 Å². The van der Waals surface area contributed by atoms with E-state index in [-0.39, 0.29) is 5.91 Å². The first kappa shape index (κ1) is 9.52. The molecule has 2 N–H and O–H groups in total. The summed E-state index contributed by atoms with van der Waals surface area (Å²) in [6.07, 6.45) is 2.69. The summed E-state index contributed by atoms with van der Waals surface area (Å²) in [6.45, 7) is 6.55. The van der Waals surface area contributed by atoms with Crippen LogP contribution in [0.15, 0.2) is 0 Å². The first-order chi connectivity index (χ1) is 5.62. The third-order valence-corrected chi connectivity index (χ3v) is 2.33. The quantitative estimate of drug-likeness (QED) is 0.590. The molecule has 1 saturated carbocycles. The van der Waals surface area contributed by atoms with Gasteiger partial charge in [0.15, 0.2) is 0 Å². The van der Waals surface area contributed by atoms with Crippen LogP contribution in [-0.4, -0.2) is 25.5 Å². The molecule has 0 heterocycles. The maximum Gasteiger partial charge on any atom is 0.216 e. The van der Waals surface area contributed by atoms with Gasteiger partial charge in [-0.15, -0.1) is 0 Å². The molecule has 3 heteroatoms. The first-order valence-corrected chi connectivity index (χ1v) is 4.58. The normalized spacial score (nSPS) is 18.8. The second-order valence-electron chi connectivity index (χ2n) is 3.97. The van der Waals surface area contributed by atoms with Crippen LogP contribution in [0, 0.1) is 5.41 Å². The molecule has 1 amide bonds. The summed E-state index contributed by atoms with van der Waals surface area (Å²) in [6, 6.07) is 0. The maximum absolute atomic E-state index is 10.5. The van der Waals surface area contributed by atoms with Crippen LogP contribution in [-0.2, 0) is 4.79 Å². The topological polar surface area (TPSA) is 41.1 Å². The highest BCUT2D eigenvalue weighted by molar-refractivity contribution is 5.72. The lowest BCUT2D eigenvalue weighted by Gasteiger charge is -2.09. The fraction of sp³-hybridized carbons (Fsp3) is 0.889. The molecule has 0 spiro atoms. The van der Waals surface area contributed by atoms with Gasteiger partial charge in [-0.1, -0.05) is 6.92 Å². The van der Waals surface area contributed by atoms with Crippen LogP contribution in [0.2, 0.25) is 0 Å². The molecular weight excluding hydrogens is 152 g/mol. The zero-order valence-electron chi connectivity index (χ0n) is 7.94. The van der Waals surface area contributed by atoms with Gasteiger partial charge in [-0.3, -0.25) is 4.79 Å². The first-order valence-electron chi connectivity index (χ1n) is 4.58. The van der Waals surface area contributed by atoms with Crippen LogP contribution < -0.4 is 10.6 Å². The molecule has 1 aliphatic carbocycles. The van der Waals surface area contributed by atoms with Gasteiger partial charge in [-0.05, 0) is 18.3 Å². The maximum atomic E-state index is 10.5. The molecule has 0 aromatic carbocycles. The molecule has 70 valence electrons. The lowest BCUT2D eigenvalue weighted by molar-refractivity contribution is -0.118. The smallest absolute Gasteiger partial charge is 0.216 e. The Morgan fingerprint density at radius 1 is 1.42 bits per heavy atom. The van der Waals surface area contributed by atoms with E-state index in [0.717, 1.165) is 19.6 Å². The Bertz CT molecular complexity index is 164. The van der Waals surface area contributed by atoms with Crippen molar-refractivity contribution < 1.29 is 4.79 Å². The van der Waals surface area contributed by atoms with Gasteiger partial charge in [0.1, 0.15) is 0 Å². The average Bonchev–Trinajstić information content (AvgIpc) is 2.67. The highest BCUT2D eigenvalue weighted by atomic mass is 16.1. The molecular formula is C9H18N2O. The van der Waals surface area contributed by atoms with E-state index in [1.807, 2.05) is 0 Å². The van der Waals surface area contributed by atoms with Crippen LogP contribution in [0.3, 0.4) is 0 Å². The van der Waals surface area contributed by atoms with Crippen LogP contribution in [0.1, 0.15) is 26.7 Å². The number of carbonyl (C=O) groups excluding carboxylic acids is 1. The summed E-state index contributed by atoms with van der Waals surface area (Å²) in [5.41, 5.74) is 0.566. The summed E-state index contributed by atoms with van der Waals surface area (Å²) in [7, 11) is 0. The molecule has 1 aliphatic rings. The van der Waals surface area contributed by atoms with Crippen molar-refractivity contribution in [2.24, 2.45) is 5.41 Å². The molecule has 0 aliphatic heterocycles. The predicted molar refractivity (Wildman–Crippen MR) is 48.9 cm³/mol. The number of rotatable bonds is 5. The lowest BCUT2D eigenvalue weighted by Crippen LogP contribution is -2.32. The molecule has 0 bridgehead atoms. The second kappa shape index (κ2) is 3.90. The summed E-state index contributed by atoms with van der Waals surface area (Å²) < 4.78 is 0. The van der Waals surface area contributed by atoms with Gasteiger partial charge in [-0.25, -0.2) is 0 Å². The van der Waals surface area contributed by atoms with Gasteiger partial charge in [0.05, 0.1) is 0 Å². The van der Waals surface area contributed by atoms with Gasteiger partial charge < -0.3 is 10.6 Å². The largest absolute Gasteiger partial charge is 0.355 e. The number of hydrogen-bond donors (Lipinski definition) is 2. The fourth-order valence-electron chi connectivity index (χ4n) is 1.11. The zero-order chi connectivity index (χ0) is 9.03. The zero-order valence-corrected chi connectivity index (χ0v) is 7.94. The van der Waals surface area contributed by atoms with E-state index < -0.39 is 0 Å². The van der Waals surface area contributed by atoms with E-state index in [2.05, 4.69) is 17.6 Å². The van der Waals surface area contributed by atoms with Crippen molar-refractivity contribution >= 4 is 5.91 Å². The van der Waals surface area contributed by atoms with Gasteiger partial charge in [0, 0.05) is 26.6 Å². The summed E-state index contributed by atoms with van der Waals surface area (Å²) in [4.78, 5) is 10.5. The van der Waals surface area contributed by atoms with Crippen molar-refractivity contribution in [3.05, 3.63) is 0 Å². The summed E-state index contributed by atoms with van der Waals surface area (Å²) in [5, 5.41) is 6.08. The van der Waals surface area contributed by atoms with Gasteiger partial charge in [0.25, 0.3) is 0 Å². The van der Waals surface area contributed by atoms with Crippen molar-refractivity contribution in [2.75, 3.05) is 19.6 Å². The fourth-order valence-corrected chi connectivity index (χ4v) is 1.11. The minimum atomic E-state index is 0.0504. The second-order valence-corrected chi connectivity index (χ2v) is 3.97. The standard InChI is InChI=1S/C9H18N2O/c1-8(12)11-6-5-10-7-9(2)3-4-9/h10H,3-7H2,1-2H3,(H,11,12). The molecule has 0 saturated heterocycles. The molecule has 0 atom stereocenters. The van der Waals surface area contributed by atoms with Crippen molar-refractivity contribution in [3.63, 3.8) is 0 Å². The molecule has 0 aromatic heterocycles. The van der Waals surface area contributed by atoms with E-state index in [1.165, 1.54) is 12.8 Å². The average molecular weight is 170 g/mol. The molecule has 0 aromatic rings. The minimum Gasteiger partial charge on any atom is -0.355 e. The van der Waals surface area contributed by atoms with E-state index in [9.17, 15) is 4.79 Å². The van der Waals surface area contributed by atoms with Crippen LogP contribution in [0.25, 0.3) is 0 Å². The van der Waals surface area contributed by atoms with Crippen molar-refractivity contribution in [1.82, 2.24) is 10.6 Å². The highest BCUT2D eigenvalue weighted by Crippen LogP contribution is 2.43. The van der Waals surface area contributed by atoms with Crippen LogP contribution >= 0.6 is 0 Å².